The third-order valence-electron chi connectivity index (χ3n) is 3.46. The van der Waals surface area contributed by atoms with E-state index in [0.29, 0.717) is 13.1 Å². The summed E-state index contributed by atoms with van der Waals surface area (Å²) in [7, 11) is -3.99. The molecule has 2 aromatic rings. The largest absolute Gasteiger partial charge is 0.339 e. The maximum absolute atomic E-state index is 12.6. The molecule has 0 radical (unpaired) electrons. The molecule has 0 aliphatic carbocycles. The fourth-order valence-electron chi connectivity index (χ4n) is 2.39. The van der Waals surface area contributed by atoms with E-state index in [1.807, 2.05) is 0 Å². The summed E-state index contributed by atoms with van der Waals surface area (Å²) < 4.78 is 31.1. The van der Waals surface area contributed by atoms with Gasteiger partial charge in [-0.2, -0.15) is 0 Å². The van der Waals surface area contributed by atoms with Crippen molar-refractivity contribution >= 4 is 44.9 Å². The van der Waals surface area contributed by atoms with Gasteiger partial charge in [0, 0.05) is 18.1 Å². The number of rotatable bonds is 4. The van der Waals surface area contributed by atoms with Crippen molar-refractivity contribution in [1.82, 2.24) is 14.5 Å². The van der Waals surface area contributed by atoms with E-state index in [4.69, 9.17) is 11.6 Å². The van der Waals surface area contributed by atoms with E-state index < -0.39 is 10.0 Å². The minimum atomic E-state index is -3.99. The number of amides is 1. The van der Waals surface area contributed by atoms with Gasteiger partial charge in [-0.1, -0.05) is 16.1 Å². The quantitative estimate of drug-likeness (QED) is 0.888. The third kappa shape index (κ3) is 3.46. The van der Waals surface area contributed by atoms with E-state index in [0.717, 1.165) is 24.4 Å². The molecule has 122 valence electrons. The highest BCUT2D eigenvalue weighted by Crippen LogP contribution is 2.25. The zero-order valence-corrected chi connectivity index (χ0v) is 14.3. The van der Waals surface area contributed by atoms with Crippen LogP contribution in [0.5, 0.6) is 0 Å². The number of hydrogen-bond acceptors (Lipinski definition) is 6. The van der Waals surface area contributed by atoms with Crippen molar-refractivity contribution < 1.29 is 13.2 Å². The van der Waals surface area contributed by atoms with Crippen molar-refractivity contribution in [3.63, 3.8) is 0 Å². The second-order valence-corrected chi connectivity index (χ2v) is 7.73. The number of anilines is 1. The Labute approximate surface area is 142 Å². The van der Waals surface area contributed by atoms with E-state index >= 15 is 0 Å². The standard InChI is InChI=1S/C13H13ClN4O3S2/c14-9-3-4-10(13(19)18-5-1-2-6-18)11(7-9)23(20,21)16-12-8-22-17-15-12/h3-4,7-8,16H,1-2,5-6H2. The normalized spacial score (nSPS) is 14.9. The summed E-state index contributed by atoms with van der Waals surface area (Å²) in [5.74, 6) is -0.203. The summed E-state index contributed by atoms with van der Waals surface area (Å²) in [6, 6.07) is 4.22. The van der Waals surface area contributed by atoms with Gasteiger partial charge in [0.05, 0.1) is 10.9 Å². The molecule has 23 heavy (non-hydrogen) atoms. The molecule has 1 fully saturated rings. The highest BCUT2D eigenvalue weighted by molar-refractivity contribution is 7.92. The van der Waals surface area contributed by atoms with Gasteiger partial charge in [0.15, 0.2) is 5.82 Å². The highest BCUT2D eigenvalue weighted by atomic mass is 35.5. The smallest absolute Gasteiger partial charge is 0.263 e. The number of sulfonamides is 1. The molecule has 1 aliphatic rings. The first-order chi connectivity index (χ1) is 11.0. The summed E-state index contributed by atoms with van der Waals surface area (Å²) in [5.41, 5.74) is 0.104. The number of carbonyl (C=O) groups is 1. The number of hydrogen-bond donors (Lipinski definition) is 1. The van der Waals surface area contributed by atoms with Crippen LogP contribution in [0.15, 0.2) is 28.5 Å². The van der Waals surface area contributed by atoms with E-state index in [-0.39, 0.29) is 27.2 Å². The number of carbonyl (C=O) groups excluding carboxylic acids is 1. The van der Waals surface area contributed by atoms with Gasteiger partial charge in [-0.3, -0.25) is 9.52 Å². The van der Waals surface area contributed by atoms with Crippen LogP contribution in [0, 0.1) is 0 Å². The summed E-state index contributed by atoms with van der Waals surface area (Å²) >= 11 is 6.95. The number of nitrogens with zero attached hydrogens (tertiary/aromatic N) is 3. The minimum absolute atomic E-state index is 0.104. The lowest BCUT2D eigenvalue weighted by atomic mass is 10.2. The van der Waals surface area contributed by atoms with Crippen LogP contribution in [-0.4, -0.2) is 41.9 Å². The maximum Gasteiger partial charge on any atom is 0.263 e. The molecule has 0 bridgehead atoms. The lowest BCUT2D eigenvalue weighted by molar-refractivity contribution is 0.0789. The van der Waals surface area contributed by atoms with Gasteiger partial charge in [0.25, 0.3) is 15.9 Å². The van der Waals surface area contributed by atoms with Gasteiger partial charge in [0.2, 0.25) is 0 Å². The highest BCUT2D eigenvalue weighted by Gasteiger charge is 2.28. The first-order valence-electron chi connectivity index (χ1n) is 6.86. The van der Waals surface area contributed by atoms with Gasteiger partial charge in [-0.05, 0) is 42.6 Å². The average molecular weight is 373 g/mol. The minimum Gasteiger partial charge on any atom is -0.339 e. The molecule has 1 aromatic heterocycles. The second-order valence-electron chi connectivity index (χ2n) is 5.04. The molecule has 1 amide bonds. The fraction of sp³-hybridized carbons (Fsp3) is 0.308. The first kappa shape index (κ1) is 16.2. The average Bonchev–Trinajstić information content (AvgIpc) is 3.19. The number of halogens is 1. The molecule has 1 saturated heterocycles. The Morgan fingerprint density at radius 3 is 2.70 bits per heavy atom. The van der Waals surface area contributed by atoms with Crippen LogP contribution in [0.4, 0.5) is 5.82 Å². The zero-order valence-electron chi connectivity index (χ0n) is 11.9. The molecule has 0 saturated carbocycles. The van der Waals surface area contributed by atoms with E-state index in [1.165, 1.54) is 23.6 Å². The van der Waals surface area contributed by atoms with Crippen LogP contribution in [0.3, 0.4) is 0 Å². The number of aromatic nitrogens is 2. The monoisotopic (exact) mass is 372 g/mol. The van der Waals surface area contributed by atoms with E-state index in [1.54, 1.807) is 4.90 Å². The van der Waals surface area contributed by atoms with Gasteiger partial charge in [-0.25, -0.2) is 8.42 Å². The summed E-state index contributed by atoms with van der Waals surface area (Å²) in [4.78, 5) is 14.1. The Morgan fingerprint density at radius 1 is 1.30 bits per heavy atom. The van der Waals surface area contributed by atoms with Crippen LogP contribution in [0.25, 0.3) is 0 Å². The molecule has 0 unspecified atom stereocenters. The van der Waals surface area contributed by atoms with Crippen LogP contribution < -0.4 is 4.72 Å². The second kappa shape index (κ2) is 6.42. The SMILES string of the molecule is O=C(c1ccc(Cl)cc1S(=O)(=O)Nc1csnn1)N1CCCC1. The Kier molecular flexibility index (Phi) is 4.51. The molecule has 1 aromatic carbocycles. The van der Waals surface area contributed by atoms with Gasteiger partial charge < -0.3 is 4.90 Å². The lowest BCUT2D eigenvalue weighted by Gasteiger charge is -2.18. The Hall–Kier alpha value is -1.71. The van der Waals surface area contributed by atoms with Crippen LogP contribution >= 0.6 is 23.1 Å². The summed E-state index contributed by atoms with van der Waals surface area (Å²) in [6.45, 7) is 1.26. The number of nitrogens with one attached hydrogen (secondary N) is 1. The predicted molar refractivity (Wildman–Crippen MR) is 87.3 cm³/mol. The van der Waals surface area contributed by atoms with Crippen molar-refractivity contribution in [3.05, 3.63) is 34.2 Å². The van der Waals surface area contributed by atoms with Gasteiger partial charge in [0.1, 0.15) is 4.90 Å². The van der Waals surface area contributed by atoms with Crippen molar-refractivity contribution in [3.8, 4) is 0 Å². The molecule has 3 rings (SSSR count). The van der Waals surface area contributed by atoms with Crippen LogP contribution in [0.1, 0.15) is 23.2 Å². The Bertz CT molecular complexity index is 818. The molecule has 2 heterocycles. The van der Waals surface area contributed by atoms with Crippen molar-refractivity contribution in [2.75, 3.05) is 17.8 Å². The molecule has 7 nitrogen and oxygen atoms in total. The molecule has 0 atom stereocenters. The van der Waals surface area contributed by atoms with Crippen LogP contribution in [0.2, 0.25) is 5.02 Å². The van der Waals surface area contributed by atoms with Crippen molar-refractivity contribution in [2.24, 2.45) is 0 Å². The molecule has 1 N–H and O–H groups in total. The van der Waals surface area contributed by atoms with Crippen LogP contribution in [-0.2, 0) is 10.0 Å². The number of benzene rings is 1. The molecule has 1 aliphatic heterocycles. The number of likely N-dealkylation sites (tertiary alicyclic amines) is 1. The van der Waals surface area contributed by atoms with E-state index in [2.05, 4.69) is 14.3 Å². The fourth-order valence-corrected chi connectivity index (χ4v) is 4.30. The zero-order chi connectivity index (χ0) is 16.4. The topological polar surface area (TPSA) is 92.3 Å². The molecular weight excluding hydrogens is 360 g/mol. The van der Waals surface area contributed by atoms with Gasteiger partial charge >= 0.3 is 0 Å². The predicted octanol–water partition coefficient (Wildman–Crippen LogP) is 2.23. The Morgan fingerprint density at radius 2 is 2.04 bits per heavy atom. The van der Waals surface area contributed by atoms with Gasteiger partial charge in [-0.15, -0.1) is 5.10 Å². The molecule has 10 heteroatoms. The molecular formula is C13H13ClN4O3S2. The summed E-state index contributed by atoms with van der Waals surface area (Å²) in [5, 5.41) is 5.35. The summed E-state index contributed by atoms with van der Waals surface area (Å²) in [6.07, 6.45) is 1.84. The third-order valence-corrected chi connectivity index (χ3v) is 5.59. The van der Waals surface area contributed by atoms with Crippen molar-refractivity contribution in [1.29, 1.82) is 0 Å². The van der Waals surface area contributed by atoms with Crippen molar-refractivity contribution in [2.45, 2.75) is 17.7 Å². The maximum atomic E-state index is 12.6. The Balaban J connectivity index is 2.00. The lowest BCUT2D eigenvalue weighted by Crippen LogP contribution is -2.29. The first-order valence-corrected chi connectivity index (χ1v) is 9.56. The molecule has 0 spiro atoms. The van der Waals surface area contributed by atoms with E-state index in [9.17, 15) is 13.2 Å².